The second-order valence-corrected chi connectivity index (χ2v) is 3.34. The van der Waals surface area contributed by atoms with Gasteiger partial charge in [0.1, 0.15) is 0 Å². The zero-order valence-corrected chi connectivity index (χ0v) is 7.59. The first-order chi connectivity index (χ1) is 5.25. The summed E-state index contributed by atoms with van der Waals surface area (Å²) < 4.78 is 0. The summed E-state index contributed by atoms with van der Waals surface area (Å²) in [4.78, 5) is 0. The zero-order chi connectivity index (χ0) is 8.27. The first kappa shape index (κ1) is 8.38. The maximum Gasteiger partial charge on any atom is 0.0494 e. The fourth-order valence-corrected chi connectivity index (χ4v) is 1.50. The van der Waals surface area contributed by atoms with E-state index < -0.39 is 0 Å². The first-order valence-corrected chi connectivity index (χ1v) is 4.37. The molecule has 1 nitrogen and oxygen atoms in total. The van der Waals surface area contributed by atoms with Crippen molar-refractivity contribution in [3.8, 4) is 0 Å². The lowest BCUT2D eigenvalue weighted by atomic mass is 9.92. The molecule has 0 saturated heterocycles. The average molecular weight is 151 g/mol. The molecule has 62 valence electrons. The fourth-order valence-electron chi connectivity index (χ4n) is 1.50. The summed E-state index contributed by atoms with van der Waals surface area (Å²) in [6.45, 7) is 6.71. The van der Waals surface area contributed by atoms with Gasteiger partial charge in [-0.25, -0.2) is 0 Å². The largest absolute Gasteiger partial charge is 0.384 e. The molecule has 1 N–H and O–H groups in total. The number of rotatable bonds is 2. The lowest BCUT2D eigenvalue weighted by Crippen LogP contribution is -2.33. The highest BCUT2D eigenvalue weighted by molar-refractivity contribution is 5.23. The van der Waals surface area contributed by atoms with Crippen molar-refractivity contribution in [1.82, 2.24) is 5.32 Å². The van der Waals surface area contributed by atoms with Crippen LogP contribution in [0.1, 0.15) is 27.2 Å². The summed E-state index contributed by atoms with van der Waals surface area (Å²) in [6.07, 6.45) is 7.49. The highest BCUT2D eigenvalue weighted by atomic mass is 14.9. The molecule has 0 saturated carbocycles. The normalized spacial score (nSPS) is 23.3. The number of hydrogen-bond donors (Lipinski definition) is 1. The Labute approximate surface area is 69.2 Å². The molecule has 0 amide bonds. The van der Waals surface area contributed by atoms with Gasteiger partial charge in [-0.1, -0.05) is 26.8 Å². The predicted molar refractivity (Wildman–Crippen MR) is 49.3 cm³/mol. The van der Waals surface area contributed by atoms with Crippen LogP contribution in [0.25, 0.3) is 0 Å². The number of dihydropyridines is 1. The van der Waals surface area contributed by atoms with Gasteiger partial charge in [-0.3, -0.25) is 0 Å². The van der Waals surface area contributed by atoms with E-state index >= 15 is 0 Å². The number of allylic oxidation sites excluding steroid dienone is 2. The van der Waals surface area contributed by atoms with Crippen molar-refractivity contribution in [3.05, 3.63) is 23.9 Å². The number of nitrogens with one attached hydrogen (secondary N) is 1. The Bertz CT molecular complexity index is 177. The van der Waals surface area contributed by atoms with Crippen LogP contribution in [0.5, 0.6) is 0 Å². The third-order valence-corrected chi connectivity index (χ3v) is 2.16. The smallest absolute Gasteiger partial charge is 0.0494 e. The van der Waals surface area contributed by atoms with E-state index in [4.69, 9.17) is 0 Å². The van der Waals surface area contributed by atoms with Gasteiger partial charge >= 0.3 is 0 Å². The van der Waals surface area contributed by atoms with Gasteiger partial charge in [0.05, 0.1) is 0 Å². The highest BCUT2D eigenvalue weighted by Crippen LogP contribution is 2.17. The van der Waals surface area contributed by atoms with Crippen molar-refractivity contribution in [2.45, 2.75) is 33.2 Å². The van der Waals surface area contributed by atoms with Crippen LogP contribution >= 0.6 is 0 Å². The third kappa shape index (κ3) is 1.86. The molecular weight excluding hydrogens is 134 g/mol. The van der Waals surface area contributed by atoms with Crippen molar-refractivity contribution in [3.63, 3.8) is 0 Å². The van der Waals surface area contributed by atoms with E-state index in [-0.39, 0.29) is 0 Å². The summed E-state index contributed by atoms with van der Waals surface area (Å²) in [5.74, 6) is 0.686. The van der Waals surface area contributed by atoms with Gasteiger partial charge in [-0.05, 0) is 30.2 Å². The molecule has 1 heteroatoms. The van der Waals surface area contributed by atoms with E-state index in [0.29, 0.717) is 12.0 Å². The molecule has 1 unspecified atom stereocenters. The summed E-state index contributed by atoms with van der Waals surface area (Å²) in [7, 11) is 0. The Balaban J connectivity index is 2.67. The molecule has 1 atom stereocenters. The Hall–Kier alpha value is -0.720. The minimum atomic E-state index is 0.560. The van der Waals surface area contributed by atoms with Crippen LogP contribution < -0.4 is 5.32 Å². The van der Waals surface area contributed by atoms with E-state index in [2.05, 4.69) is 38.2 Å². The zero-order valence-electron chi connectivity index (χ0n) is 7.59. The topological polar surface area (TPSA) is 12.0 Å². The molecule has 0 aromatic rings. The maximum absolute atomic E-state index is 3.37. The first-order valence-electron chi connectivity index (χ1n) is 4.37. The van der Waals surface area contributed by atoms with Gasteiger partial charge in [0.15, 0.2) is 0 Å². The number of hydrogen-bond acceptors (Lipinski definition) is 1. The molecule has 1 rings (SSSR count). The van der Waals surface area contributed by atoms with Crippen LogP contribution in [0.15, 0.2) is 23.9 Å². The molecule has 11 heavy (non-hydrogen) atoms. The van der Waals surface area contributed by atoms with Crippen LogP contribution in [-0.2, 0) is 0 Å². The molecule has 0 aliphatic carbocycles. The van der Waals surface area contributed by atoms with Gasteiger partial charge in [0.2, 0.25) is 0 Å². The summed E-state index contributed by atoms with van der Waals surface area (Å²) >= 11 is 0. The van der Waals surface area contributed by atoms with Gasteiger partial charge in [0.25, 0.3) is 0 Å². The van der Waals surface area contributed by atoms with Gasteiger partial charge in [-0.15, -0.1) is 0 Å². The van der Waals surface area contributed by atoms with Gasteiger partial charge < -0.3 is 5.32 Å². The fraction of sp³-hybridized carbons (Fsp3) is 0.600. The Morgan fingerprint density at radius 3 is 2.73 bits per heavy atom. The van der Waals surface area contributed by atoms with Crippen molar-refractivity contribution in [2.75, 3.05) is 0 Å². The minimum Gasteiger partial charge on any atom is -0.384 e. The van der Waals surface area contributed by atoms with Crippen molar-refractivity contribution < 1.29 is 0 Å². The van der Waals surface area contributed by atoms with Crippen LogP contribution in [0.4, 0.5) is 0 Å². The van der Waals surface area contributed by atoms with E-state index in [1.54, 1.807) is 0 Å². The van der Waals surface area contributed by atoms with E-state index in [0.717, 1.165) is 6.42 Å². The molecule has 1 aliphatic heterocycles. The van der Waals surface area contributed by atoms with Crippen LogP contribution in [-0.4, -0.2) is 6.04 Å². The molecule has 0 radical (unpaired) electrons. The molecule has 0 aromatic carbocycles. The standard InChI is InChI=1S/C10H17N/c1-4-9-6-5-7-11-10(9)8(2)3/h5-8,10-11H,4H2,1-3H3. The maximum atomic E-state index is 3.37. The van der Waals surface area contributed by atoms with Crippen LogP contribution in [0.3, 0.4) is 0 Å². The van der Waals surface area contributed by atoms with Crippen molar-refractivity contribution >= 4 is 0 Å². The lowest BCUT2D eigenvalue weighted by Gasteiger charge is -2.26. The Kier molecular flexibility index (Phi) is 2.75. The third-order valence-electron chi connectivity index (χ3n) is 2.16. The predicted octanol–water partition coefficient (Wildman–Crippen LogP) is 2.46. The van der Waals surface area contributed by atoms with Gasteiger partial charge in [0, 0.05) is 6.04 Å². The van der Waals surface area contributed by atoms with Crippen LogP contribution in [0.2, 0.25) is 0 Å². The minimum absolute atomic E-state index is 0.560. The summed E-state index contributed by atoms with van der Waals surface area (Å²) in [5.41, 5.74) is 1.52. The molecule has 0 bridgehead atoms. The Morgan fingerprint density at radius 1 is 1.55 bits per heavy atom. The average Bonchev–Trinajstić information content (AvgIpc) is 2.04. The molecule has 0 aromatic heterocycles. The Morgan fingerprint density at radius 2 is 2.27 bits per heavy atom. The van der Waals surface area contributed by atoms with Crippen LogP contribution in [0, 0.1) is 5.92 Å². The lowest BCUT2D eigenvalue weighted by molar-refractivity contribution is 0.481. The molecule has 0 fully saturated rings. The second kappa shape index (κ2) is 3.61. The monoisotopic (exact) mass is 151 g/mol. The quantitative estimate of drug-likeness (QED) is 0.639. The molecule has 1 aliphatic rings. The second-order valence-electron chi connectivity index (χ2n) is 3.34. The summed E-state index contributed by atoms with van der Waals surface area (Å²) in [5, 5.41) is 3.37. The highest BCUT2D eigenvalue weighted by Gasteiger charge is 2.15. The van der Waals surface area contributed by atoms with E-state index in [1.165, 1.54) is 5.57 Å². The molecular formula is C10H17N. The van der Waals surface area contributed by atoms with E-state index in [1.807, 2.05) is 6.20 Å². The van der Waals surface area contributed by atoms with Gasteiger partial charge in [-0.2, -0.15) is 0 Å². The molecule has 1 heterocycles. The van der Waals surface area contributed by atoms with Crippen molar-refractivity contribution in [1.29, 1.82) is 0 Å². The SMILES string of the molecule is CCC1=CC=CNC1C(C)C. The summed E-state index contributed by atoms with van der Waals surface area (Å²) in [6, 6.07) is 0.560. The molecule has 0 spiro atoms. The van der Waals surface area contributed by atoms with Crippen molar-refractivity contribution in [2.24, 2.45) is 5.92 Å². The van der Waals surface area contributed by atoms with E-state index in [9.17, 15) is 0 Å².